The molecule has 3 aromatic rings. The summed E-state index contributed by atoms with van der Waals surface area (Å²) in [5.74, 6) is 0.411. The van der Waals surface area contributed by atoms with Crippen LogP contribution in [0.15, 0.2) is 53.6 Å². The lowest BCUT2D eigenvalue weighted by atomic mass is 10.2. The van der Waals surface area contributed by atoms with Gasteiger partial charge in [0.1, 0.15) is 12.3 Å². The van der Waals surface area contributed by atoms with E-state index in [1.54, 1.807) is 31.6 Å². The molecule has 0 spiro atoms. The molecule has 7 nitrogen and oxygen atoms in total. The van der Waals surface area contributed by atoms with Gasteiger partial charge in [-0.1, -0.05) is 18.2 Å². The smallest absolute Gasteiger partial charge is 0.349 e. The van der Waals surface area contributed by atoms with Crippen molar-refractivity contribution in [2.45, 2.75) is 13.1 Å². The number of aromatic nitrogens is 3. The quantitative estimate of drug-likeness (QED) is 0.756. The normalized spacial score (nSPS) is 10.7. The lowest BCUT2D eigenvalue weighted by Crippen LogP contribution is -2.35. The Morgan fingerprint density at radius 2 is 2.09 bits per heavy atom. The molecule has 0 aliphatic rings. The van der Waals surface area contributed by atoms with Crippen LogP contribution in [0.3, 0.4) is 0 Å². The minimum Gasteiger partial charge on any atom is -0.496 e. The summed E-state index contributed by atoms with van der Waals surface area (Å²) < 4.78 is 7.81. The third-order valence-electron chi connectivity index (χ3n) is 3.50. The van der Waals surface area contributed by atoms with Crippen LogP contribution in [0.4, 0.5) is 0 Å². The van der Waals surface area contributed by atoms with E-state index in [0.717, 1.165) is 10.2 Å². The van der Waals surface area contributed by atoms with Crippen molar-refractivity contribution in [3.63, 3.8) is 0 Å². The zero-order valence-electron chi connectivity index (χ0n) is 12.6. The maximum atomic E-state index is 12.2. The maximum absolute atomic E-state index is 12.2. The summed E-state index contributed by atoms with van der Waals surface area (Å²) in [4.78, 5) is 24.2. The van der Waals surface area contributed by atoms with E-state index in [-0.39, 0.29) is 18.1 Å². The van der Waals surface area contributed by atoms with Gasteiger partial charge in [-0.2, -0.15) is 5.10 Å². The molecule has 3 rings (SSSR count). The molecule has 1 aromatic carbocycles. The van der Waals surface area contributed by atoms with Crippen LogP contribution in [-0.2, 0) is 17.9 Å². The van der Waals surface area contributed by atoms with Gasteiger partial charge in [-0.05, 0) is 18.2 Å². The number of hydrogen-bond donors (Lipinski definition) is 1. The van der Waals surface area contributed by atoms with E-state index in [1.165, 1.54) is 4.40 Å². The van der Waals surface area contributed by atoms with E-state index in [2.05, 4.69) is 10.4 Å². The number of benzene rings is 1. The molecule has 0 saturated heterocycles. The third-order valence-corrected chi connectivity index (χ3v) is 3.50. The molecule has 0 unspecified atom stereocenters. The van der Waals surface area contributed by atoms with Crippen LogP contribution in [0.25, 0.3) is 5.52 Å². The number of nitrogens with one attached hydrogen (secondary N) is 1. The number of nitrogens with zero attached hydrogens (tertiary/aromatic N) is 3. The van der Waals surface area contributed by atoms with E-state index in [9.17, 15) is 9.59 Å². The highest BCUT2D eigenvalue weighted by Crippen LogP contribution is 2.16. The van der Waals surface area contributed by atoms with Crippen molar-refractivity contribution >= 4 is 11.4 Å². The number of carbonyl (C=O) groups excluding carboxylic acids is 1. The second-order valence-corrected chi connectivity index (χ2v) is 4.98. The number of para-hydroxylation sites is 1. The molecule has 0 aliphatic carbocycles. The minimum absolute atomic E-state index is 0.137. The van der Waals surface area contributed by atoms with Gasteiger partial charge >= 0.3 is 5.69 Å². The Morgan fingerprint density at radius 1 is 1.26 bits per heavy atom. The molecule has 118 valence electrons. The Bertz CT molecular complexity index is 897. The van der Waals surface area contributed by atoms with Crippen molar-refractivity contribution in [2.24, 2.45) is 0 Å². The number of amides is 1. The average Bonchev–Trinajstić information content (AvgIpc) is 3.05. The molecule has 0 bridgehead atoms. The summed E-state index contributed by atoms with van der Waals surface area (Å²) in [5, 5.41) is 6.77. The van der Waals surface area contributed by atoms with Gasteiger partial charge < -0.3 is 10.1 Å². The molecular formula is C16H16N4O3. The van der Waals surface area contributed by atoms with Crippen molar-refractivity contribution in [2.75, 3.05) is 7.11 Å². The summed E-state index contributed by atoms with van der Waals surface area (Å²) in [6.45, 7) is 0.186. The Labute approximate surface area is 132 Å². The van der Waals surface area contributed by atoms with Crippen molar-refractivity contribution in [1.82, 2.24) is 19.5 Å². The van der Waals surface area contributed by atoms with Crippen LogP contribution < -0.4 is 15.7 Å². The first-order valence-electron chi connectivity index (χ1n) is 7.11. The number of ether oxygens (including phenoxy) is 1. The van der Waals surface area contributed by atoms with Crippen molar-refractivity contribution < 1.29 is 9.53 Å². The highest BCUT2D eigenvalue weighted by Gasteiger charge is 2.09. The Hall–Kier alpha value is -3.09. The summed E-state index contributed by atoms with van der Waals surface area (Å²) in [5.41, 5.74) is 1.21. The molecular weight excluding hydrogens is 296 g/mol. The maximum Gasteiger partial charge on any atom is 0.349 e. The molecule has 2 heterocycles. The summed E-state index contributed by atoms with van der Waals surface area (Å²) in [6.07, 6.45) is 3.19. The van der Waals surface area contributed by atoms with Gasteiger partial charge in [0.05, 0.1) is 18.8 Å². The Balaban J connectivity index is 1.69. The molecule has 0 saturated carbocycles. The van der Waals surface area contributed by atoms with Crippen molar-refractivity contribution in [3.05, 3.63) is 64.8 Å². The highest BCUT2D eigenvalue weighted by molar-refractivity contribution is 5.75. The van der Waals surface area contributed by atoms with Crippen molar-refractivity contribution in [1.29, 1.82) is 0 Å². The van der Waals surface area contributed by atoms with E-state index < -0.39 is 0 Å². The van der Waals surface area contributed by atoms with Crippen LogP contribution in [0.5, 0.6) is 5.75 Å². The predicted molar refractivity (Wildman–Crippen MR) is 84.3 cm³/mol. The minimum atomic E-state index is -0.347. The second kappa shape index (κ2) is 6.35. The van der Waals surface area contributed by atoms with E-state index in [4.69, 9.17) is 4.74 Å². The first-order valence-corrected chi connectivity index (χ1v) is 7.11. The summed E-state index contributed by atoms with van der Waals surface area (Å²) in [6, 6.07) is 11.0. The zero-order chi connectivity index (χ0) is 16.2. The van der Waals surface area contributed by atoms with Gasteiger partial charge in [0.15, 0.2) is 0 Å². The topological polar surface area (TPSA) is 77.6 Å². The monoisotopic (exact) mass is 312 g/mol. The lowest BCUT2D eigenvalue weighted by molar-refractivity contribution is -0.122. The molecule has 23 heavy (non-hydrogen) atoms. The van der Waals surface area contributed by atoms with Gasteiger partial charge in [0.2, 0.25) is 5.91 Å². The SMILES string of the molecule is COc1ccccc1CNC(=O)Cn1ncc2cccn2c1=O. The summed E-state index contributed by atoms with van der Waals surface area (Å²) >= 11 is 0. The van der Waals surface area contributed by atoms with E-state index >= 15 is 0 Å². The van der Waals surface area contributed by atoms with Crippen molar-refractivity contribution in [3.8, 4) is 5.75 Å². The fourth-order valence-corrected chi connectivity index (χ4v) is 2.32. The molecule has 1 N–H and O–H groups in total. The number of fused-ring (bicyclic) bond motifs is 1. The fourth-order valence-electron chi connectivity index (χ4n) is 2.32. The molecule has 0 fully saturated rings. The molecule has 0 atom stereocenters. The van der Waals surface area contributed by atoms with Crippen LogP contribution in [0.2, 0.25) is 0 Å². The van der Waals surface area contributed by atoms with E-state index in [1.807, 2.05) is 24.3 Å². The largest absolute Gasteiger partial charge is 0.496 e. The lowest BCUT2D eigenvalue weighted by Gasteiger charge is -2.10. The molecule has 0 aliphatic heterocycles. The number of rotatable bonds is 5. The van der Waals surface area contributed by atoms with Crippen LogP contribution in [-0.4, -0.2) is 27.2 Å². The number of methoxy groups -OCH3 is 1. The second-order valence-electron chi connectivity index (χ2n) is 4.98. The Kier molecular flexibility index (Phi) is 4.09. The van der Waals surface area contributed by atoms with Gasteiger partial charge in [-0.15, -0.1) is 0 Å². The third kappa shape index (κ3) is 3.08. The molecule has 2 aromatic heterocycles. The van der Waals surface area contributed by atoms with Gasteiger partial charge in [0, 0.05) is 18.3 Å². The number of hydrogen-bond acceptors (Lipinski definition) is 4. The van der Waals surface area contributed by atoms with Crippen LogP contribution in [0, 0.1) is 0 Å². The van der Waals surface area contributed by atoms with Gasteiger partial charge in [-0.3, -0.25) is 9.20 Å². The zero-order valence-corrected chi connectivity index (χ0v) is 12.6. The predicted octanol–water partition coefficient (Wildman–Crippen LogP) is 0.821. The van der Waals surface area contributed by atoms with Gasteiger partial charge in [0.25, 0.3) is 0 Å². The first-order chi connectivity index (χ1) is 11.2. The standard InChI is InChI=1S/C16H16N4O3/c1-23-14-7-3-2-5-12(14)9-17-15(21)11-20-16(22)19-8-4-6-13(19)10-18-20/h2-8,10H,9,11H2,1H3,(H,17,21). The Morgan fingerprint density at radius 3 is 2.91 bits per heavy atom. The summed E-state index contributed by atoms with van der Waals surface area (Å²) in [7, 11) is 1.58. The van der Waals surface area contributed by atoms with E-state index in [0.29, 0.717) is 17.8 Å². The molecule has 0 radical (unpaired) electrons. The molecule has 1 amide bonds. The van der Waals surface area contributed by atoms with Crippen LogP contribution in [0.1, 0.15) is 5.56 Å². The number of carbonyl (C=O) groups is 1. The fraction of sp³-hybridized carbons (Fsp3) is 0.188. The van der Waals surface area contributed by atoms with Gasteiger partial charge in [-0.25, -0.2) is 9.48 Å². The molecule has 7 heteroatoms. The first kappa shape index (κ1) is 14.8. The van der Waals surface area contributed by atoms with Crippen LogP contribution >= 0.6 is 0 Å². The average molecular weight is 312 g/mol. The highest BCUT2D eigenvalue weighted by atomic mass is 16.5.